The summed E-state index contributed by atoms with van der Waals surface area (Å²) in [6.45, 7) is -1.14. The Bertz CT molecular complexity index is 917. The van der Waals surface area contributed by atoms with Gasteiger partial charge in [0, 0.05) is 0 Å². The molecule has 0 amide bonds. The van der Waals surface area contributed by atoms with E-state index >= 15 is 0 Å². The summed E-state index contributed by atoms with van der Waals surface area (Å²) in [4.78, 5) is 11.2. The van der Waals surface area contributed by atoms with E-state index in [1.165, 1.54) is 13.2 Å². The molecular weight excluding hydrogens is 387 g/mol. The molecule has 0 aliphatic carbocycles. The van der Waals surface area contributed by atoms with Crippen LogP contribution in [0.5, 0.6) is 5.75 Å². The van der Waals surface area contributed by atoms with Gasteiger partial charge in [-0.3, -0.25) is 4.31 Å². The Balaban J connectivity index is 2.58. The number of rotatable bonds is 7. The molecule has 0 fully saturated rings. The Labute approximate surface area is 154 Å². The number of alkyl halides is 2. The van der Waals surface area contributed by atoms with Crippen LogP contribution in [-0.4, -0.2) is 41.6 Å². The zero-order chi connectivity index (χ0) is 20.2. The van der Waals surface area contributed by atoms with Gasteiger partial charge in [-0.1, -0.05) is 0 Å². The first-order valence-electron chi connectivity index (χ1n) is 7.53. The Morgan fingerprint density at radius 1 is 1.11 bits per heavy atom. The fourth-order valence-electron chi connectivity index (χ4n) is 2.32. The average molecular weight is 403 g/mol. The van der Waals surface area contributed by atoms with Crippen molar-refractivity contribution in [1.29, 1.82) is 0 Å². The van der Waals surface area contributed by atoms with E-state index in [0.29, 0.717) is 4.31 Å². The average Bonchev–Trinajstić information content (AvgIpc) is 2.65. The molecule has 0 heterocycles. The van der Waals surface area contributed by atoms with Crippen molar-refractivity contribution in [1.82, 2.24) is 0 Å². The minimum atomic E-state index is -4.50. The molecule has 27 heavy (non-hydrogen) atoms. The van der Waals surface area contributed by atoms with Crippen LogP contribution in [0.25, 0.3) is 0 Å². The van der Waals surface area contributed by atoms with Crippen LogP contribution in [0, 0.1) is 5.82 Å². The Hall–Kier alpha value is -2.75. The van der Waals surface area contributed by atoms with Gasteiger partial charge in [-0.25, -0.2) is 26.4 Å². The molecule has 0 saturated heterocycles. The predicted molar refractivity (Wildman–Crippen MR) is 91.3 cm³/mol. The number of ether oxygens (including phenoxy) is 2. The standard InChI is InChI=1S/C17H16F3NO5S/c1-25-14-9-11(17(22)26-2)3-8-15(14)27(23,24)21(10-16(19)20)13-6-4-12(18)5-7-13/h3-9,16H,10H2,1-2H3. The van der Waals surface area contributed by atoms with Crippen LogP contribution in [0.15, 0.2) is 47.4 Å². The monoisotopic (exact) mass is 403 g/mol. The lowest BCUT2D eigenvalue weighted by molar-refractivity contribution is 0.0600. The van der Waals surface area contributed by atoms with E-state index in [-0.39, 0.29) is 17.0 Å². The summed E-state index contributed by atoms with van der Waals surface area (Å²) in [5, 5.41) is 0. The molecule has 2 aromatic rings. The maximum Gasteiger partial charge on any atom is 0.337 e. The van der Waals surface area contributed by atoms with Gasteiger partial charge in [0.1, 0.15) is 16.5 Å². The minimum absolute atomic E-state index is 0.0236. The molecule has 0 aromatic heterocycles. The molecule has 0 aliphatic heterocycles. The van der Waals surface area contributed by atoms with Gasteiger partial charge in [0.25, 0.3) is 16.4 Å². The fraction of sp³-hybridized carbons (Fsp3) is 0.235. The van der Waals surface area contributed by atoms with Crippen LogP contribution < -0.4 is 9.04 Å². The molecule has 146 valence electrons. The molecule has 0 N–H and O–H groups in total. The third-order valence-electron chi connectivity index (χ3n) is 3.57. The number of carbonyl (C=O) groups excluding carboxylic acids is 1. The van der Waals surface area contributed by atoms with Gasteiger partial charge < -0.3 is 9.47 Å². The van der Waals surface area contributed by atoms with E-state index in [1.54, 1.807) is 0 Å². The van der Waals surface area contributed by atoms with Crippen molar-refractivity contribution in [2.45, 2.75) is 11.3 Å². The molecule has 0 aliphatic rings. The molecule has 0 unspecified atom stereocenters. The Morgan fingerprint density at radius 3 is 2.26 bits per heavy atom. The molecule has 2 aromatic carbocycles. The van der Waals surface area contributed by atoms with Gasteiger partial charge >= 0.3 is 5.97 Å². The van der Waals surface area contributed by atoms with Gasteiger partial charge in [-0.15, -0.1) is 0 Å². The number of anilines is 1. The first-order valence-corrected chi connectivity index (χ1v) is 8.97. The minimum Gasteiger partial charge on any atom is -0.495 e. The molecule has 0 atom stereocenters. The largest absolute Gasteiger partial charge is 0.495 e. The van der Waals surface area contributed by atoms with Crippen LogP contribution in [0.2, 0.25) is 0 Å². The van der Waals surface area contributed by atoms with Gasteiger partial charge in [0.05, 0.1) is 32.0 Å². The van der Waals surface area contributed by atoms with Crippen LogP contribution in [-0.2, 0) is 14.8 Å². The quantitative estimate of drug-likeness (QED) is 0.665. The van der Waals surface area contributed by atoms with E-state index in [4.69, 9.17) is 4.74 Å². The van der Waals surface area contributed by atoms with Crippen molar-refractivity contribution in [3.8, 4) is 5.75 Å². The van der Waals surface area contributed by atoms with Gasteiger partial charge in [0.15, 0.2) is 0 Å². The number of sulfonamides is 1. The summed E-state index contributed by atoms with van der Waals surface area (Å²) in [6.07, 6.45) is -2.98. The molecule has 0 saturated carbocycles. The smallest absolute Gasteiger partial charge is 0.337 e. The van der Waals surface area contributed by atoms with E-state index < -0.39 is 39.7 Å². The second-order valence-electron chi connectivity index (χ2n) is 5.26. The lowest BCUT2D eigenvalue weighted by Crippen LogP contribution is -2.35. The molecule has 0 bridgehead atoms. The van der Waals surface area contributed by atoms with Crippen LogP contribution in [0.4, 0.5) is 18.9 Å². The summed E-state index contributed by atoms with van der Waals surface area (Å²) in [6, 6.07) is 7.43. The van der Waals surface area contributed by atoms with E-state index in [2.05, 4.69) is 4.74 Å². The highest BCUT2D eigenvalue weighted by Gasteiger charge is 2.31. The third-order valence-corrected chi connectivity index (χ3v) is 5.40. The zero-order valence-electron chi connectivity index (χ0n) is 14.4. The van der Waals surface area contributed by atoms with E-state index in [0.717, 1.165) is 43.5 Å². The Kier molecular flexibility index (Phi) is 6.32. The van der Waals surface area contributed by atoms with Crippen molar-refractivity contribution in [2.75, 3.05) is 25.1 Å². The number of hydrogen-bond donors (Lipinski definition) is 0. The molecular formula is C17H16F3NO5S. The molecule has 0 spiro atoms. The highest BCUT2D eigenvalue weighted by Crippen LogP contribution is 2.31. The van der Waals surface area contributed by atoms with Crippen molar-refractivity contribution >= 4 is 21.7 Å². The number of esters is 1. The van der Waals surface area contributed by atoms with Crippen molar-refractivity contribution < 1.29 is 35.9 Å². The van der Waals surface area contributed by atoms with Gasteiger partial charge in [-0.2, -0.15) is 0 Å². The molecule has 0 radical (unpaired) electrons. The number of methoxy groups -OCH3 is 2. The van der Waals surface area contributed by atoms with Crippen LogP contribution in [0.3, 0.4) is 0 Å². The van der Waals surface area contributed by atoms with Crippen molar-refractivity contribution in [3.05, 3.63) is 53.8 Å². The summed E-state index contributed by atoms with van der Waals surface area (Å²) in [5.74, 6) is -1.59. The number of nitrogens with zero attached hydrogens (tertiary/aromatic N) is 1. The van der Waals surface area contributed by atoms with Gasteiger partial charge in [-0.05, 0) is 42.5 Å². The first kappa shape index (κ1) is 20.6. The maximum atomic E-state index is 13.1. The molecule has 2 rings (SSSR count). The number of hydrogen-bond acceptors (Lipinski definition) is 5. The highest BCUT2D eigenvalue weighted by atomic mass is 32.2. The zero-order valence-corrected chi connectivity index (χ0v) is 15.2. The number of halogens is 3. The van der Waals surface area contributed by atoms with E-state index in [9.17, 15) is 26.4 Å². The third kappa shape index (κ3) is 4.51. The Morgan fingerprint density at radius 2 is 1.74 bits per heavy atom. The molecule has 10 heteroatoms. The second-order valence-corrected chi connectivity index (χ2v) is 7.09. The normalized spacial score (nSPS) is 11.3. The highest BCUT2D eigenvalue weighted by molar-refractivity contribution is 7.93. The summed E-state index contributed by atoms with van der Waals surface area (Å²) < 4.78 is 75.2. The summed E-state index contributed by atoms with van der Waals surface area (Å²) in [5.41, 5.74) is -0.119. The lowest BCUT2D eigenvalue weighted by atomic mass is 10.2. The van der Waals surface area contributed by atoms with E-state index in [1.807, 2.05) is 0 Å². The van der Waals surface area contributed by atoms with Gasteiger partial charge in [0.2, 0.25) is 0 Å². The second kappa shape index (κ2) is 8.30. The van der Waals surface area contributed by atoms with Crippen LogP contribution >= 0.6 is 0 Å². The summed E-state index contributed by atoms with van der Waals surface area (Å²) in [7, 11) is -2.18. The molecule has 6 nitrogen and oxygen atoms in total. The first-order chi connectivity index (χ1) is 12.7. The van der Waals surface area contributed by atoms with Crippen LogP contribution in [0.1, 0.15) is 10.4 Å². The lowest BCUT2D eigenvalue weighted by Gasteiger charge is -2.25. The van der Waals surface area contributed by atoms with Crippen molar-refractivity contribution in [3.63, 3.8) is 0 Å². The van der Waals surface area contributed by atoms with Crippen molar-refractivity contribution in [2.24, 2.45) is 0 Å². The number of carbonyl (C=O) groups is 1. The maximum absolute atomic E-state index is 13.1. The summed E-state index contributed by atoms with van der Waals surface area (Å²) >= 11 is 0. The SMILES string of the molecule is COC(=O)c1ccc(S(=O)(=O)N(CC(F)F)c2ccc(F)cc2)c(OC)c1. The number of benzene rings is 2. The topological polar surface area (TPSA) is 72.9 Å². The predicted octanol–water partition coefficient (Wildman–Crippen LogP) is 3.08. The fourth-order valence-corrected chi connectivity index (χ4v) is 3.90.